The fraction of sp³-hybridized carbons (Fsp3) is 0.286. The number of hydrogen-bond acceptors (Lipinski definition) is 4. The summed E-state index contributed by atoms with van der Waals surface area (Å²) in [6.07, 6.45) is 5.08. The van der Waals surface area contributed by atoms with Crippen molar-refractivity contribution in [2.24, 2.45) is 0 Å². The van der Waals surface area contributed by atoms with Crippen LogP contribution in [0.4, 0.5) is 5.69 Å². The summed E-state index contributed by atoms with van der Waals surface area (Å²) >= 11 is 3.47. The molecule has 1 atom stereocenters. The lowest BCUT2D eigenvalue weighted by Gasteiger charge is -2.27. The number of fused-ring (bicyclic) bond motifs is 1. The maximum atomic E-state index is 12.7. The van der Waals surface area contributed by atoms with Gasteiger partial charge >= 0.3 is 0 Å². The maximum absolute atomic E-state index is 12.7. The van der Waals surface area contributed by atoms with E-state index in [2.05, 4.69) is 20.9 Å². The summed E-state index contributed by atoms with van der Waals surface area (Å²) in [7, 11) is 3.88. The predicted molar refractivity (Wildman–Crippen MR) is 79.6 cm³/mol. The van der Waals surface area contributed by atoms with Gasteiger partial charge in [0, 0.05) is 32.2 Å². The number of anilines is 1. The molecule has 0 aliphatic carbocycles. The van der Waals surface area contributed by atoms with Gasteiger partial charge in [-0.1, -0.05) is 0 Å². The van der Waals surface area contributed by atoms with Gasteiger partial charge in [-0.25, -0.2) is 4.98 Å². The van der Waals surface area contributed by atoms with Crippen LogP contribution in [0.5, 0.6) is 5.75 Å². The summed E-state index contributed by atoms with van der Waals surface area (Å²) in [6.45, 7) is 0.322. The molecule has 0 bridgehead atoms. The van der Waals surface area contributed by atoms with E-state index in [0.717, 1.165) is 10.2 Å². The Kier molecular flexibility index (Phi) is 3.25. The first-order chi connectivity index (χ1) is 9.58. The first kappa shape index (κ1) is 13.2. The van der Waals surface area contributed by atoms with Gasteiger partial charge in [-0.3, -0.25) is 4.79 Å². The highest BCUT2D eigenvalue weighted by atomic mass is 79.9. The molecule has 3 rings (SSSR count). The lowest BCUT2D eigenvalue weighted by atomic mass is 10.00. The van der Waals surface area contributed by atoms with Crippen molar-refractivity contribution in [3.63, 3.8) is 0 Å². The van der Waals surface area contributed by atoms with Gasteiger partial charge in [0.1, 0.15) is 18.4 Å². The van der Waals surface area contributed by atoms with E-state index in [-0.39, 0.29) is 11.8 Å². The van der Waals surface area contributed by atoms with Crippen molar-refractivity contribution in [2.75, 3.05) is 25.6 Å². The Balaban J connectivity index is 2.06. The Morgan fingerprint density at radius 1 is 1.45 bits per heavy atom. The van der Waals surface area contributed by atoms with E-state index >= 15 is 0 Å². The van der Waals surface area contributed by atoms with Crippen molar-refractivity contribution in [1.29, 1.82) is 0 Å². The zero-order valence-electron chi connectivity index (χ0n) is 11.2. The minimum atomic E-state index is -0.352. The molecule has 0 amide bonds. The molecule has 104 valence electrons. The molecular weight excluding hydrogens is 322 g/mol. The zero-order valence-corrected chi connectivity index (χ0v) is 12.8. The van der Waals surface area contributed by atoms with Crippen LogP contribution >= 0.6 is 15.9 Å². The average molecular weight is 336 g/mol. The first-order valence-corrected chi connectivity index (χ1v) is 7.02. The van der Waals surface area contributed by atoms with E-state index in [0.29, 0.717) is 17.9 Å². The van der Waals surface area contributed by atoms with Gasteiger partial charge in [0.2, 0.25) is 0 Å². The van der Waals surface area contributed by atoms with Crippen LogP contribution in [0.1, 0.15) is 16.4 Å². The molecule has 1 aromatic carbocycles. The van der Waals surface area contributed by atoms with Crippen LogP contribution in [0.15, 0.2) is 35.3 Å². The van der Waals surface area contributed by atoms with Crippen molar-refractivity contribution in [2.45, 2.75) is 6.04 Å². The number of Topliss-reactive ketones (excluding diaryl/α,β-unsaturated/α-hetero) is 1. The third-order valence-corrected chi connectivity index (χ3v) is 3.97. The molecule has 1 aliphatic rings. The number of carbonyl (C=O) groups is 1. The summed E-state index contributed by atoms with van der Waals surface area (Å²) in [4.78, 5) is 18.6. The topological polar surface area (TPSA) is 47.4 Å². The molecule has 1 unspecified atom stereocenters. The molecule has 0 saturated carbocycles. The van der Waals surface area contributed by atoms with Gasteiger partial charge in [-0.05, 0) is 28.1 Å². The molecule has 2 aromatic rings. The Bertz CT molecular complexity index is 653. The van der Waals surface area contributed by atoms with Gasteiger partial charge in [0.25, 0.3) is 0 Å². The second-order valence-corrected chi connectivity index (χ2v) is 5.75. The Labute approximate surface area is 125 Å². The lowest BCUT2D eigenvalue weighted by Crippen LogP contribution is -2.30. The van der Waals surface area contributed by atoms with E-state index in [4.69, 9.17) is 4.74 Å². The van der Waals surface area contributed by atoms with Crippen molar-refractivity contribution in [3.05, 3.63) is 40.9 Å². The van der Waals surface area contributed by atoms with Crippen LogP contribution in [-0.2, 0) is 0 Å². The number of aromatic nitrogens is 2. The zero-order chi connectivity index (χ0) is 14.3. The molecule has 20 heavy (non-hydrogen) atoms. The largest absolute Gasteiger partial charge is 0.489 e. The third kappa shape index (κ3) is 2.10. The van der Waals surface area contributed by atoms with Gasteiger partial charge in [0.05, 0.1) is 16.4 Å². The molecule has 6 heteroatoms. The molecule has 0 fully saturated rings. The summed E-state index contributed by atoms with van der Waals surface area (Å²) in [6, 6.07) is 3.46. The molecule has 0 radical (unpaired) electrons. The van der Waals surface area contributed by atoms with Crippen LogP contribution in [0.25, 0.3) is 0 Å². The number of ether oxygens (including phenoxy) is 1. The number of imidazole rings is 1. The Hall–Kier alpha value is -1.82. The van der Waals surface area contributed by atoms with Crippen LogP contribution in [-0.4, -0.2) is 36.0 Å². The first-order valence-electron chi connectivity index (χ1n) is 6.23. The number of benzene rings is 1. The second kappa shape index (κ2) is 4.94. The predicted octanol–water partition coefficient (Wildman–Crippen LogP) is 2.53. The molecule has 0 saturated heterocycles. The van der Waals surface area contributed by atoms with E-state index in [1.54, 1.807) is 23.3 Å². The van der Waals surface area contributed by atoms with Crippen molar-refractivity contribution in [3.8, 4) is 5.75 Å². The Morgan fingerprint density at radius 3 is 2.90 bits per heavy atom. The highest BCUT2D eigenvalue weighted by Crippen LogP contribution is 2.38. The lowest BCUT2D eigenvalue weighted by molar-refractivity contribution is 0.0840. The highest BCUT2D eigenvalue weighted by molar-refractivity contribution is 9.10. The minimum absolute atomic E-state index is 0.0497. The van der Waals surface area contributed by atoms with Crippen molar-refractivity contribution >= 4 is 27.4 Å². The standard InChI is InChI=1S/C14H14BrN3O2/c1-17(2)9-5-10-13(19)12(18-4-3-16-8-18)7-20-14(10)11(15)6-9/h3-6,8,12H,7H2,1-2H3. The molecule has 2 heterocycles. The summed E-state index contributed by atoms with van der Waals surface area (Å²) in [5.74, 6) is 0.672. The highest BCUT2D eigenvalue weighted by Gasteiger charge is 2.31. The number of hydrogen-bond donors (Lipinski definition) is 0. The van der Waals surface area contributed by atoms with Crippen molar-refractivity contribution < 1.29 is 9.53 Å². The van der Waals surface area contributed by atoms with E-state index in [1.165, 1.54) is 0 Å². The van der Waals surface area contributed by atoms with Crippen LogP contribution in [0, 0.1) is 0 Å². The number of ketones is 1. The molecule has 5 nitrogen and oxygen atoms in total. The fourth-order valence-electron chi connectivity index (χ4n) is 2.26. The molecule has 0 N–H and O–H groups in total. The van der Waals surface area contributed by atoms with Gasteiger partial charge < -0.3 is 14.2 Å². The third-order valence-electron chi connectivity index (χ3n) is 3.38. The smallest absolute Gasteiger partial charge is 0.192 e. The van der Waals surface area contributed by atoms with Gasteiger partial charge in [-0.15, -0.1) is 0 Å². The van der Waals surface area contributed by atoms with Gasteiger partial charge in [0.15, 0.2) is 5.78 Å². The Morgan fingerprint density at radius 2 is 2.25 bits per heavy atom. The van der Waals surface area contributed by atoms with Crippen molar-refractivity contribution in [1.82, 2.24) is 9.55 Å². The van der Waals surface area contributed by atoms with Gasteiger partial charge in [-0.2, -0.15) is 0 Å². The normalized spacial score (nSPS) is 17.6. The van der Waals surface area contributed by atoms with E-state index in [9.17, 15) is 4.79 Å². The monoisotopic (exact) mass is 335 g/mol. The van der Waals surface area contributed by atoms with Crippen LogP contribution in [0.2, 0.25) is 0 Å². The minimum Gasteiger partial charge on any atom is -0.489 e. The number of nitrogens with zero attached hydrogens (tertiary/aromatic N) is 3. The fourth-order valence-corrected chi connectivity index (χ4v) is 2.82. The van der Waals surface area contributed by atoms with Crippen LogP contribution in [0.3, 0.4) is 0 Å². The van der Waals surface area contributed by atoms with E-state index in [1.807, 2.05) is 31.1 Å². The number of rotatable bonds is 2. The number of carbonyl (C=O) groups excluding carboxylic acids is 1. The van der Waals surface area contributed by atoms with Crippen LogP contribution < -0.4 is 9.64 Å². The number of halogens is 1. The maximum Gasteiger partial charge on any atom is 0.192 e. The molecule has 0 spiro atoms. The summed E-state index contributed by atoms with van der Waals surface area (Å²) in [5, 5.41) is 0. The SMILES string of the molecule is CN(C)c1cc(Br)c2c(c1)C(=O)C(n1ccnc1)CO2. The average Bonchev–Trinajstić information content (AvgIpc) is 2.93. The summed E-state index contributed by atoms with van der Waals surface area (Å²) in [5.41, 5.74) is 1.56. The molecule has 1 aliphatic heterocycles. The molecular formula is C14H14BrN3O2. The van der Waals surface area contributed by atoms with E-state index < -0.39 is 0 Å². The quantitative estimate of drug-likeness (QED) is 0.846. The second-order valence-electron chi connectivity index (χ2n) is 4.90. The summed E-state index contributed by atoms with van der Waals surface area (Å²) < 4.78 is 8.34. The molecule has 1 aromatic heterocycles.